The molecule has 0 spiro atoms. The van der Waals surface area contributed by atoms with Gasteiger partial charge in [0.1, 0.15) is 12.4 Å². The van der Waals surface area contributed by atoms with Crippen molar-refractivity contribution in [2.24, 2.45) is 0 Å². The van der Waals surface area contributed by atoms with Crippen LogP contribution in [0.4, 0.5) is 0 Å². The lowest BCUT2D eigenvalue weighted by atomic mass is 10.1. The molecule has 2 aromatic carbocycles. The van der Waals surface area contributed by atoms with Gasteiger partial charge in [-0.1, -0.05) is 68.2 Å². The van der Waals surface area contributed by atoms with Crippen LogP contribution in [-0.4, -0.2) is 24.5 Å². The minimum Gasteiger partial charge on any atom is -0.360 e. The number of ether oxygens (including phenoxy) is 1. The van der Waals surface area contributed by atoms with Crippen LogP contribution in [-0.2, 0) is 11.5 Å². The maximum absolute atomic E-state index is 5.89. The van der Waals surface area contributed by atoms with Gasteiger partial charge in [0, 0.05) is 25.6 Å². The van der Waals surface area contributed by atoms with E-state index in [9.17, 15) is 0 Å². The Morgan fingerprint density at radius 2 is 1.65 bits per heavy atom. The van der Waals surface area contributed by atoms with Gasteiger partial charge in [-0.3, -0.25) is 0 Å². The van der Waals surface area contributed by atoms with E-state index in [1.807, 2.05) is 22.9 Å². The van der Waals surface area contributed by atoms with E-state index in [4.69, 9.17) is 9.84 Å². The molecule has 0 radical (unpaired) electrons. The minimum absolute atomic E-state index is 0.512. The van der Waals surface area contributed by atoms with E-state index in [1.54, 1.807) is 0 Å². The van der Waals surface area contributed by atoms with Crippen molar-refractivity contribution < 1.29 is 4.74 Å². The van der Waals surface area contributed by atoms with Crippen LogP contribution in [0.25, 0.3) is 22.2 Å². The number of benzene rings is 2. The van der Waals surface area contributed by atoms with Crippen molar-refractivity contribution in [2.45, 2.75) is 32.4 Å². The third-order valence-electron chi connectivity index (χ3n) is 3.92. The molecule has 0 aliphatic heterocycles. The average molecular weight is 325 g/mol. The van der Waals surface area contributed by atoms with Crippen LogP contribution in [0.1, 0.15) is 0 Å². The largest absolute Gasteiger partial charge is 0.360 e. The molecule has 4 heteroatoms. The van der Waals surface area contributed by atoms with Gasteiger partial charge in [-0.05, 0) is 12.1 Å². The quantitative estimate of drug-likeness (QED) is 0.470. The fraction of sp³-hybridized carbons (Fsp3) is 0.316. The van der Waals surface area contributed by atoms with Gasteiger partial charge in [-0.15, -0.1) is 0 Å². The summed E-state index contributed by atoms with van der Waals surface area (Å²) in [6, 6.07) is 19.9. The van der Waals surface area contributed by atoms with Crippen LogP contribution in [0.5, 0.6) is 0 Å². The Balaban J connectivity index is 1.84. The average Bonchev–Trinajstić information content (AvgIpc) is 2.91. The zero-order valence-electron chi connectivity index (χ0n) is 14.1. The molecule has 120 valence electrons. The SMILES string of the molecule is C[Si](C)(C)CCOCn1nc(-c2ccccc2)c2ccccc21. The molecular formula is C19H24N2OSi. The van der Waals surface area contributed by atoms with Crippen LogP contribution in [0.2, 0.25) is 25.7 Å². The van der Waals surface area contributed by atoms with Gasteiger partial charge in [-0.2, -0.15) is 5.10 Å². The summed E-state index contributed by atoms with van der Waals surface area (Å²) in [6.45, 7) is 8.43. The molecule has 0 bridgehead atoms. The molecule has 0 amide bonds. The first kappa shape index (κ1) is 16.0. The molecule has 0 saturated carbocycles. The van der Waals surface area contributed by atoms with Gasteiger partial charge in [-0.25, -0.2) is 4.68 Å². The van der Waals surface area contributed by atoms with Gasteiger partial charge in [0.25, 0.3) is 0 Å². The summed E-state index contributed by atoms with van der Waals surface area (Å²) in [5, 5.41) is 5.97. The second-order valence-electron chi connectivity index (χ2n) is 7.08. The monoisotopic (exact) mass is 324 g/mol. The molecule has 1 aromatic heterocycles. The summed E-state index contributed by atoms with van der Waals surface area (Å²) in [4.78, 5) is 0. The molecule has 3 aromatic rings. The van der Waals surface area contributed by atoms with Gasteiger partial charge >= 0.3 is 0 Å². The second kappa shape index (κ2) is 6.68. The first-order chi connectivity index (χ1) is 11.0. The van der Waals surface area contributed by atoms with Crippen molar-refractivity contribution in [3.8, 4) is 11.3 Å². The topological polar surface area (TPSA) is 27.1 Å². The molecule has 0 aliphatic carbocycles. The maximum atomic E-state index is 5.89. The number of rotatable bonds is 6. The van der Waals surface area contributed by atoms with Gasteiger partial charge in [0.15, 0.2) is 0 Å². The standard InChI is InChI=1S/C19H24N2OSi/c1-23(2,3)14-13-22-15-21-18-12-8-7-11-17(18)19(20-21)16-9-5-4-6-10-16/h4-12H,13-15H2,1-3H3. The highest BCUT2D eigenvalue weighted by molar-refractivity contribution is 6.76. The van der Waals surface area contributed by atoms with Crippen LogP contribution < -0.4 is 0 Å². The fourth-order valence-corrected chi connectivity index (χ4v) is 3.32. The van der Waals surface area contributed by atoms with Crippen molar-refractivity contribution in [2.75, 3.05) is 6.61 Å². The van der Waals surface area contributed by atoms with E-state index in [0.717, 1.165) is 23.4 Å². The van der Waals surface area contributed by atoms with Crippen molar-refractivity contribution in [3.63, 3.8) is 0 Å². The summed E-state index contributed by atoms with van der Waals surface area (Å²) in [7, 11) is -1.05. The van der Waals surface area contributed by atoms with Gasteiger partial charge in [0.2, 0.25) is 0 Å². The number of aromatic nitrogens is 2. The van der Waals surface area contributed by atoms with E-state index >= 15 is 0 Å². The number of para-hydroxylation sites is 1. The zero-order chi connectivity index (χ0) is 16.3. The van der Waals surface area contributed by atoms with Crippen molar-refractivity contribution in [1.82, 2.24) is 9.78 Å². The van der Waals surface area contributed by atoms with Crippen LogP contribution in [0, 0.1) is 0 Å². The highest BCUT2D eigenvalue weighted by Crippen LogP contribution is 2.27. The number of nitrogens with zero attached hydrogens (tertiary/aromatic N) is 2. The summed E-state index contributed by atoms with van der Waals surface area (Å²) in [5.74, 6) is 0. The van der Waals surface area contributed by atoms with Crippen molar-refractivity contribution in [3.05, 3.63) is 54.6 Å². The fourth-order valence-electron chi connectivity index (χ4n) is 2.56. The van der Waals surface area contributed by atoms with Crippen LogP contribution in [0.3, 0.4) is 0 Å². The zero-order valence-corrected chi connectivity index (χ0v) is 15.1. The molecule has 23 heavy (non-hydrogen) atoms. The second-order valence-corrected chi connectivity index (χ2v) is 12.7. The molecule has 0 N–H and O–H groups in total. The van der Waals surface area contributed by atoms with E-state index in [-0.39, 0.29) is 0 Å². The summed E-state index contributed by atoms with van der Waals surface area (Å²) in [6.07, 6.45) is 0. The maximum Gasteiger partial charge on any atom is 0.140 e. The lowest BCUT2D eigenvalue weighted by molar-refractivity contribution is 0.0818. The van der Waals surface area contributed by atoms with E-state index in [1.165, 1.54) is 11.4 Å². The van der Waals surface area contributed by atoms with Crippen LogP contribution in [0.15, 0.2) is 54.6 Å². The van der Waals surface area contributed by atoms with Gasteiger partial charge in [0.05, 0.1) is 5.52 Å². The van der Waals surface area contributed by atoms with Crippen LogP contribution >= 0.6 is 0 Å². The number of hydrogen-bond acceptors (Lipinski definition) is 2. The molecule has 0 unspecified atom stereocenters. The Hall–Kier alpha value is -1.91. The molecule has 1 heterocycles. The third kappa shape index (κ3) is 3.89. The molecule has 0 atom stereocenters. The Morgan fingerprint density at radius 1 is 0.957 bits per heavy atom. The van der Waals surface area contributed by atoms with E-state index in [0.29, 0.717) is 6.73 Å². The molecule has 0 saturated heterocycles. The van der Waals surface area contributed by atoms with Crippen molar-refractivity contribution in [1.29, 1.82) is 0 Å². The number of hydrogen-bond donors (Lipinski definition) is 0. The first-order valence-corrected chi connectivity index (χ1v) is 11.8. The smallest absolute Gasteiger partial charge is 0.140 e. The van der Waals surface area contributed by atoms with Gasteiger partial charge < -0.3 is 4.74 Å². The first-order valence-electron chi connectivity index (χ1n) is 8.13. The number of fused-ring (bicyclic) bond motifs is 1. The molecule has 0 aliphatic rings. The lowest BCUT2D eigenvalue weighted by Crippen LogP contribution is -2.22. The summed E-state index contributed by atoms with van der Waals surface area (Å²) in [5.41, 5.74) is 3.29. The molecule has 3 nitrogen and oxygen atoms in total. The molecule has 3 rings (SSSR count). The molecular weight excluding hydrogens is 300 g/mol. The normalized spacial score (nSPS) is 12.0. The van der Waals surface area contributed by atoms with E-state index < -0.39 is 8.07 Å². The lowest BCUT2D eigenvalue weighted by Gasteiger charge is -2.15. The Kier molecular flexibility index (Phi) is 4.64. The third-order valence-corrected chi connectivity index (χ3v) is 5.62. The predicted molar refractivity (Wildman–Crippen MR) is 99.3 cm³/mol. The Morgan fingerprint density at radius 3 is 2.39 bits per heavy atom. The Bertz CT molecular complexity index is 775. The highest BCUT2D eigenvalue weighted by Gasteiger charge is 2.14. The van der Waals surface area contributed by atoms with E-state index in [2.05, 4.69) is 56.0 Å². The molecule has 0 fully saturated rings. The highest BCUT2D eigenvalue weighted by atomic mass is 28.3. The minimum atomic E-state index is -1.05. The predicted octanol–water partition coefficient (Wildman–Crippen LogP) is 5.02. The van der Waals surface area contributed by atoms with Crippen molar-refractivity contribution >= 4 is 19.0 Å². The Labute approximate surface area is 138 Å². The summed E-state index contributed by atoms with van der Waals surface area (Å²) >= 11 is 0. The summed E-state index contributed by atoms with van der Waals surface area (Å²) < 4.78 is 7.86.